The molecule has 0 amide bonds. The van der Waals surface area contributed by atoms with Crippen LogP contribution in [-0.2, 0) is 6.61 Å². The van der Waals surface area contributed by atoms with Crippen molar-refractivity contribution in [2.45, 2.75) is 6.61 Å². The first-order valence-electron chi connectivity index (χ1n) is 8.40. The molecule has 0 aliphatic carbocycles. The molecule has 0 unspecified atom stereocenters. The van der Waals surface area contributed by atoms with Gasteiger partial charge >= 0.3 is 0 Å². The van der Waals surface area contributed by atoms with Gasteiger partial charge in [0.2, 0.25) is 0 Å². The summed E-state index contributed by atoms with van der Waals surface area (Å²) in [6.45, 7) is 0.119. The van der Waals surface area contributed by atoms with Gasteiger partial charge in [0.15, 0.2) is 0 Å². The minimum Gasteiger partial charge on any atom is -0.489 e. The fourth-order valence-corrected chi connectivity index (χ4v) is 2.55. The summed E-state index contributed by atoms with van der Waals surface area (Å²) in [6, 6.07) is 21.3. The molecule has 0 atom stereocenters. The van der Waals surface area contributed by atoms with E-state index in [0.29, 0.717) is 22.4 Å². The Kier molecular flexibility index (Phi) is 5.78. The molecule has 0 aliphatic rings. The lowest BCUT2D eigenvalue weighted by Crippen LogP contribution is -1.98. The molecule has 5 nitrogen and oxygen atoms in total. The maximum atomic E-state index is 13.6. The van der Waals surface area contributed by atoms with E-state index in [1.807, 2.05) is 0 Å². The molecular weight excluding hydrogens is 359 g/mol. The van der Waals surface area contributed by atoms with Gasteiger partial charge in [-0.1, -0.05) is 30.3 Å². The lowest BCUT2D eigenvalue weighted by Gasteiger charge is -2.07. The summed E-state index contributed by atoms with van der Waals surface area (Å²) in [6.07, 6.45) is 1.68. The van der Waals surface area contributed by atoms with Gasteiger partial charge in [0.1, 0.15) is 18.2 Å². The van der Waals surface area contributed by atoms with Crippen LogP contribution in [0.15, 0.2) is 72.8 Å². The average molecular weight is 374 g/mol. The minimum absolute atomic E-state index is 0.0302. The molecule has 0 aliphatic heterocycles. The number of benzene rings is 3. The highest BCUT2D eigenvalue weighted by atomic mass is 19.1. The molecule has 3 aromatic rings. The van der Waals surface area contributed by atoms with Gasteiger partial charge in [-0.05, 0) is 47.5 Å². The number of ether oxygens (including phenoxy) is 1. The van der Waals surface area contributed by atoms with Crippen molar-refractivity contribution in [3.8, 4) is 11.8 Å². The lowest BCUT2D eigenvalue weighted by molar-refractivity contribution is -0.384. The highest BCUT2D eigenvalue weighted by molar-refractivity contribution is 5.89. The van der Waals surface area contributed by atoms with Gasteiger partial charge in [-0.25, -0.2) is 4.39 Å². The molecule has 0 heterocycles. The van der Waals surface area contributed by atoms with Crippen LogP contribution in [0.1, 0.15) is 16.7 Å². The van der Waals surface area contributed by atoms with Crippen LogP contribution >= 0.6 is 0 Å². The first kappa shape index (κ1) is 18.8. The van der Waals surface area contributed by atoms with Crippen LogP contribution in [0.3, 0.4) is 0 Å². The Bertz CT molecular complexity index is 1050. The van der Waals surface area contributed by atoms with Crippen LogP contribution in [0.2, 0.25) is 0 Å². The zero-order chi connectivity index (χ0) is 19.9. The molecule has 138 valence electrons. The van der Waals surface area contributed by atoms with Crippen LogP contribution in [0.25, 0.3) is 11.6 Å². The number of nitrogens with zero attached hydrogens (tertiary/aromatic N) is 2. The summed E-state index contributed by atoms with van der Waals surface area (Å²) in [5.41, 5.74) is 2.19. The molecule has 0 radical (unpaired) electrons. The highest BCUT2D eigenvalue weighted by Crippen LogP contribution is 2.22. The fourth-order valence-electron chi connectivity index (χ4n) is 2.55. The third-order valence-electron chi connectivity index (χ3n) is 4.05. The minimum atomic E-state index is -0.487. The Morgan fingerprint density at radius 1 is 1.07 bits per heavy atom. The number of halogens is 1. The predicted octanol–water partition coefficient (Wildman–Crippen LogP) is 5.38. The monoisotopic (exact) mass is 374 g/mol. The summed E-state index contributed by atoms with van der Waals surface area (Å²) in [4.78, 5) is 10.2. The number of nitro groups is 1. The highest BCUT2D eigenvalue weighted by Gasteiger charge is 2.07. The van der Waals surface area contributed by atoms with E-state index in [1.54, 1.807) is 60.7 Å². The maximum absolute atomic E-state index is 13.6. The quantitative estimate of drug-likeness (QED) is 0.251. The van der Waals surface area contributed by atoms with Gasteiger partial charge in [0, 0.05) is 17.7 Å². The van der Waals surface area contributed by atoms with Crippen molar-refractivity contribution in [1.82, 2.24) is 0 Å². The van der Waals surface area contributed by atoms with E-state index in [1.165, 1.54) is 18.2 Å². The van der Waals surface area contributed by atoms with Gasteiger partial charge in [0.05, 0.1) is 16.6 Å². The van der Waals surface area contributed by atoms with E-state index < -0.39 is 4.92 Å². The van der Waals surface area contributed by atoms with Crippen molar-refractivity contribution in [2.24, 2.45) is 0 Å². The Balaban J connectivity index is 1.72. The second-order valence-corrected chi connectivity index (χ2v) is 5.92. The fraction of sp³-hybridized carbons (Fsp3) is 0.0455. The van der Waals surface area contributed by atoms with Gasteiger partial charge in [-0.2, -0.15) is 5.26 Å². The van der Waals surface area contributed by atoms with Crippen molar-refractivity contribution in [3.05, 3.63) is 105 Å². The first-order chi connectivity index (χ1) is 13.6. The third kappa shape index (κ3) is 4.59. The SMILES string of the molecule is N#C/C(=C/c1ccc(OCc2ccccc2F)cc1)c1ccc([N+](=O)[O-])cc1. The molecular formula is C22H15FN2O3. The molecule has 0 saturated heterocycles. The largest absolute Gasteiger partial charge is 0.489 e. The molecule has 0 aromatic heterocycles. The Morgan fingerprint density at radius 2 is 1.75 bits per heavy atom. The summed E-state index contributed by atoms with van der Waals surface area (Å²) in [5.74, 6) is 0.262. The summed E-state index contributed by atoms with van der Waals surface area (Å²) in [5, 5.41) is 20.1. The smallest absolute Gasteiger partial charge is 0.269 e. The summed E-state index contributed by atoms with van der Waals surface area (Å²) >= 11 is 0. The topological polar surface area (TPSA) is 76.2 Å². The number of hydrogen-bond donors (Lipinski definition) is 0. The van der Waals surface area contributed by atoms with Gasteiger partial charge in [-0.3, -0.25) is 10.1 Å². The third-order valence-corrected chi connectivity index (χ3v) is 4.05. The zero-order valence-electron chi connectivity index (χ0n) is 14.7. The second kappa shape index (κ2) is 8.60. The number of hydrogen-bond acceptors (Lipinski definition) is 4. The summed E-state index contributed by atoms with van der Waals surface area (Å²) < 4.78 is 19.2. The molecule has 28 heavy (non-hydrogen) atoms. The van der Waals surface area contributed by atoms with Gasteiger partial charge in [0.25, 0.3) is 5.69 Å². The van der Waals surface area contributed by atoms with Crippen LogP contribution in [0.4, 0.5) is 10.1 Å². The standard InChI is InChI=1S/C22H15FN2O3/c23-22-4-2-1-3-18(22)15-28-21-11-5-16(6-12-21)13-19(14-24)17-7-9-20(10-8-17)25(26)27/h1-13H,15H2/b19-13-. The number of rotatable bonds is 6. The molecule has 0 spiro atoms. The number of allylic oxidation sites excluding steroid dienone is 1. The zero-order valence-corrected chi connectivity index (χ0v) is 14.7. The van der Waals surface area contributed by atoms with Gasteiger partial charge < -0.3 is 4.74 Å². The molecule has 0 fully saturated rings. The average Bonchev–Trinajstić information content (AvgIpc) is 2.72. The summed E-state index contributed by atoms with van der Waals surface area (Å²) in [7, 11) is 0. The van der Waals surface area contributed by atoms with Crippen LogP contribution in [-0.4, -0.2) is 4.92 Å². The molecule has 0 bridgehead atoms. The van der Waals surface area contributed by atoms with E-state index in [0.717, 1.165) is 5.56 Å². The second-order valence-electron chi connectivity index (χ2n) is 5.92. The Morgan fingerprint density at radius 3 is 2.36 bits per heavy atom. The maximum Gasteiger partial charge on any atom is 0.269 e. The lowest BCUT2D eigenvalue weighted by atomic mass is 10.0. The number of nitriles is 1. The van der Waals surface area contributed by atoms with Crippen molar-refractivity contribution in [2.75, 3.05) is 0 Å². The number of nitro benzene ring substituents is 1. The molecule has 6 heteroatoms. The first-order valence-corrected chi connectivity index (χ1v) is 8.40. The van der Waals surface area contributed by atoms with E-state index >= 15 is 0 Å². The van der Waals surface area contributed by atoms with Crippen molar-refractivity contribution in [3.63, 3.8) is 0 Å². The normalized spacial score (nSPS) is 10.9. The Labute approximate surface area is 161 Å². The predicted molar refractivity (Wildman–Crippen MR) is 104 cm³/mol. The van der Waals surface area contributed by atoms with Gasteiger partial charge in [-0.15, -0.1) is 0 Å². The molecule has 3 rings (SSSR count). The van der Waals surface area contributed by atoms with Crippen LogP contribution < -0.4 is 4.74 Å². The van der Waals surface area contributed by atoms with E-state index in [2.05, 4.69) is 6.07 Å². The van der Waals surface area contributed by atoms with Crippen molar-refractivity contribution in [1.29, 1.82) is 5.26 Å². The van der Waals surface area contributed by atoms with E-state index in [9.17, 15) is 19.8 Å². The van der Waals surface area contributed by atoms with Crippen LogP contribution in [0, 0.1) is 27.3 Å². The van der Waals surface area contributed by atoms with Crippen LogP contribution in [0.5, 0.6) is 5.75 Å². The van der Waals surface area contributed by atoms with Crippen molar-refractivity contribution < 1.29 is 14.1 Å². The van der Waals surface area contributed by atoms with E-state index in [4.69, 9.17) is 4.74 Å². The Hall–Kier alpha value is -3.98. The van der Waals surface area contributed by atoms with Crippen molar-refractivity contribution >= 4 is 17.3 Å². The molecule has 0 saturated carbocycles. The number of non-ortho nitro benzene ring substituents is 1. The molecule has 0 N–H and O–H groups in total. The van der Waals surface area contributed by atoms with E-state index in [-0.39, 0.29) is 18.1 Å². The molecule has 3 aromatic carbocycles.